The van der Waals surface area contributed by atoms with E-state index < -0.39 is 0 Å². The Bertz CT molecular complexity index is 582. The summed E-state index contributed by atoms with van der Waals surface area (Å²) in [6.07, 6.45) is 3.80. The molecule has 3 heterocycles. The zero-order valence-electron chi connectivity index (χ0n) is 10.8. The third-order valence-electron chi connectivity index (χ3n) is 4.23. The van der Waals surface area contributed by atoms with Crippen LogP contribution in [0.5, 0.6) is 0 Å². The van der Waals surface area contributed by atoms with Crippen molar-refractivity contribution in [1.29, 1.82) is 0 Å². The van der Waals surface area contributed by atoms with Gasteiger partial charge in [-0.05, 0) is 23.3 Å². The Morgan fingerprint density at radius 2 is 2.11 bits per heavy atom. The molecule has 4 rings (SSSR count). The fraction of sp³-hybridized carbons (Fsp3) is 0.312. The summed E-state index contributed by atoms with van der Waals surface area (Å²) in [5, 5.41) is 3.65. The van der Waals surface area contributed by atoms with Crippen molar-refractivity contribution < 1.29 is 0 Å². The molecule has 1 N–H and O–H groups in total. The number of nitrogens with one attached hydrogen (secondary N) is 1. The van der Waals surface area contributed by atoms with Crippen LogP contribution in [0.4, 0.5) is 5.69 Å². The van der Waals surface area contributed by atoms with Gasteiger partial charge in [-0.15, -0.1) is 0 Å². The summed E-state index contributed by atoms with van der Waals surface area (Å²) in [6.45, 7) is 3.27. The Morgan fingerprint density at radius 1 is 1.16 bits per heavy atom. The van der Waals surface area contributed by atoms with Gasteiger partial charge in [0.1, 0.15) is 0 Å². The summed E-state index contributed by atoms with van der Waals surface area (Å²) in [4.78, 5) is 6.72. The summed E-state index contributed by atoms with van der Waals surface area (Å²) >= 11 is 0. The summed E-state index contributed by atoms with van der Waals surface area (Å²) in [5.74, 6) is 0.646. The summed E-state index contributed by atoms with van der Waals surface area (Å²) < 4.78 is 0. The topological polar surface area (TPSA) is 28.2 Å². The van der Waals surface area contributed by atoms with Crippen molar-refractivity contribution >= 4 is 5.69 Å². The fourth-order valence-corrected chi connectivity index (χ4v) is 3.38. The number of pyridine rings is 1. The molecule has 2 aliphatic heterocycles. The molecule has 0 amide bonds. The SMILES string of the molecule is c1cncc(CN2CC3Nc4ccccc4C3C2)c1. The van der Waals surface area contributed by atoms with Crippen molar-refractivity contribution in [2.24, 2.45) is 0 Å². The lowest BCUT2D eigenvalue weighted by Gasteiger charge is -2.17. The van der Waals surface area contributed by atoms with Crippen LogP contribution in [0.15, 0.2) is 48.8 Å². The maximum atomic E-state index is 4.19. The van der Waals surface area contributed by atoms with Crippen molar-refractivity contribution in [3.8, 4) is 0 Å². The van der Waals surface area contributed by atoms with Crippen LogP contribution >= 0.6 is 0 Å². The van der Waals surface area contributed by atoms with Gasteiger partial charge in [-0.1, -0.05) is 24.3 Å². The van der Waals surface area contributed by atoms with Crippen LogP contribution in [-0.4, -0.2) is 29.0 Å². The quantitative estimate of drug-likeness (QED) is 0.888. The summed E-state index contributed by atoms with van der Waals surface area (Å²) in [6, 6.07) is 13.5. The van der Waals surface area contributed by atoms with Gasteiger partial charge in [0.25, 0.3) is 0 Å². The van der Waals surface area contributed by atoms with Crippen molar-refractivity contribution in [3.63, 3.8) is 0 Å². The van der Waals surface area contributed by atoms with Crippen molar-refractivity contribution in [2.45, 2.75) is 18.5 Å². The molecule has 0 radical (unpaired) electrons. The van der Waals surface area contributed by atoms with Gasteiger partial charge in [-0.2, -0.15) is 0 Å². The Hall–Kier alpha value is -1.87. The van der Waals surface area contributed by atoms with Crippen molar-refractivity contribution in [3.05, 3.63) is 59.9 Å². The second-order valence-electron chi connectivity index (χ2n) is 5.50. The van der Waals surface area contributed by atoms with Gasteiger partial charge < -0.3 is 5.32 Å². The summed E-state index contributed by atoms with van der Waals surface area (Å²) in [7, 11) is 0. The fourth-order valence-electron chi connectivity index (χ4n) is 3.38. The number of rotatable bonds is 2. The number of hydrogen-bond donors (Lipinski definition) is 1. The van der Waals surface area contributed by atoms with Crippen molar-refractivity contribution in [2.75, 3.05) is 18.4 Å². The maximum Gasteiger partial charge on any atom is 0.0470 e. The van der Waals surface area contributed by atoms with Gasteiger partial charge in [-0.3, -0.25) is 9.88 Å². The Balaban J connectivity index is 1.51. The number of aromatic nitrogens is 1. The predicted molar refractivity (Wildman–Crippen MR) is 76.1 cm³/mol. The zero-order valence-corrected chi connectivity index (χ0v) is 10.8. The van der Waals surface area contributed by atoms with Crippen molar-refractivity contribution in [1.82, 2.24) is 9.88 Å². The van der Waals surface area contributed by atoms with Gasteiger partial charge in [0.2, 0.25) is 0 Å². The van der Waals surface area contributed by atoms with E-state index in [0.717, 1.165) is 19.6 Å². The molecule has 1 fully saturated rings. The number of benzene rings is 1. The molecule has 1 saturated heterocycles. The van der Waals surface area contributed by atoms with E-state index in [1.165, 1.54) is 16.8 Å². The molecule has 0 saturated carbocycles. The molecule has 0 bridgehead atoms. The highest BCUT2D eigenvalue weighted by atomic mass is 15.2. The van der Waals surface area contributed by atoms with Crippen LogP contribution in [0, 0.1) is 0 Å². The molecule has 96 valence electrons. The van der Waals surface area contributed by atoms with Crippen LogP contribution < -0.4 is 5.32 Å². The highest BCUT2D eigenvalue weighted by Gasteiger charge is 2.39. The van der Waals surface area contributed by atoms with Crippen LogP contribution in [0.1, 0.15) is 17.0 Å². The van der Waals surface area contributed by atoms with Gasteiger partial charge in [0.05, 0.1) is 0 Å². The number of anilines is 1. The van der Waals surface area contributed by atoms with Gasteiger partial charge in [0.15, 0.2) is 0 Å². The van der Waals surface area contributed by atoms with Crippen LogP contribution in [0.3, 0.4) is 0 Å². The highest BCUT2D eigenvalue weighted by molar-refractivity contribution is 5.60. The molecule has 0 aliphatic carbocycles. The highest BCUT2D eigenvalue weighted by Crippen LogP contribution is 2.40. The second-order valence-corrected chi connectivity index (χ2v) is 5.50. The van der Waals surface area contributed by atoms with Crippen LogP contribution in [0.25, 0.3) is 0 Å². The van der Waals surface area contributed by atoms with Gasteiger partial charge >= 0.3 is 0 Å². The Kier molecular flexibility index (Phi) is 2.52. The standard InChI is InChI=1S/C16H17N3/c1-2-6-15-13(5-1)14-10-19(11-16(14)18-15)9-12-4-3-7-17-8-12/h1-8,14,16,18H,9-11H2. The first-order chi connectivity index (χ1) is 9.40. The molecule has 0 spiro atoms. The largest absolute Gasteiger partial charge is 0.380 e. The predicted octanol–water partition coefficient (Wildman–Crippen LogP) is 2.48. The monoisotopic (exact) mass is 251 g/mol. The minimum absolute atomic E-state index is 0.578. The lowest BCUT2D eigenvalue weighted by Crippen LogP contribution is -2.25. The van der Waals surface area contributed by atoms with E-state index >= 15 is 0 Å². The molecule has 2 atom stereocenters. The smallest absolute Gasteiger partial charge is 0.0470 e. The summed E-state index contributed by atoms with van der Waals surface area (Å²) in [5.41, 5.74) is 4.12. The number of nitrogens with zero attached hydrogens (tertiary/aromatic N) is 2. The van der Waals surface area contributed by atoms with Gasteiger partial charge in [0, 0.05) is 49.7 Å². The Labute approximate surface area is 113 Å². The van der Waals surface area contributed by atoms with E-state index in [1.807, 2.05) is 18.5 Å². The average Bonchev–Trinajstić information content (AvgIpc) is 2.97. The maximum absolute atomic E-state index is 4.19. The molecule has 1 aromatic heterocycles. The third-order valence-corrected chi connectivity index (χ3v) is 4.23. The van der Waals surface area contributed by atoms with E-state index in [9.17, 15) is 0 Å². The van der Waals surface area contributed by atoms with E-state index in [-0.39, 0.29) is 0 Å². The normalized spacial score (nSPS) is 24.8. The molecular formula is C16H17N3. The average molecular weight is 251 g/mol. The number of para-hydroxylation sites is 1. The first-order valence-corrected chi connectivity index (χ1v) is 6.87. The second kappa shape index (κ2) is 4.35. The van der Waals surface area contributed by atoms with Gasteiger partial charge in [-0.25, -0.2) is 0 Å². The molecular weight excluding hydrogens is 234 g/mol. The van der Waals surface area contributed by atoms with E-state index in [4.69, 9.17) is 0 Å². The zero-order chi connectivity index (χ0) is 12.7. The minimum Gasteiger partial charge on any atom is -0.380 e. The van der Waals surface area contributed by atoms with E-state index in [0.29, 0.717) is 12.0 Å². The number of hydrogen-bond acceptors (Lipinski definition) is 3. The lowest BCUT2D eigenvalue weighted by molar-refractivity contribution is 0.323. The molecule has 3 nitrogen and oxygen atoms in total. The lowest BCUT2D eigenvalue weighted by atomic mass is 9.98. The van der Waals surface area contributed by atoms with Crippen LogP contribution in [-0.2, 0) is 6.54 Å². The number of likely N-dealkylation sites (tertiary alicyclic amines) is 1. The molecule has 19 heavy (non-hydrogen) atoms. The first kappa shape index (κ1) is 11.0. The molecule has 2 unspecified atom stereocenters. The van der Waals surface area contributed by atoms with E-state index in [2.05, 4.69) is 45.5 Å². The first-order valence-electron chi connectivity index (χ1n) is 6.87. The van der Waals surface area contributed by atoms with Crippen LogP contribution in [0.2, 0.25) is 0 Å². The Morgan fingerprint density at radius 3 is 3.00 bits per heavy atom. The molecule has 2 aromatic rings. The molecule has 1 aromatic carbocycles. The minimum atomic E-state index is 0.578. The molecule has 3 heteroatoms. The third kappa shape index (κ3) is 1.90. The van der Waals surface area contributed by atoms with E-state index in [1.54, 1.807) is 0 Å². The number of fused-ring (bicyclic) bond motifs is 3. The molecule has 2 aliphatic rings.